The molecule has 1 heterocycles. The SMILES string of the molecule is CNC(C)c1c(F)cccc1SC1CCOC1C. The third kappa shape index (κ3) is 2.87. The molecule has 2 rings (SSSR count). The molecule has 2 nitrogen and oxygen atoms in total. The molecule has 100 valence electrons. The van der Waals surface area contributed by atoms with Gasteiger partial charge >= 0.3 is 0 Å². The largest absolute Gasteiger partial charge is 0.377 e. The highest BCUT2D eigenvalue weighted by molar-refractivity contribution is 8.00. The van der Waals surface area contributed by atoms with E-state index < -0.39 is 0 Å². The van der Waals surface area contributed by atoms with E-state index in [-0.39, 0.29) is 18.0 Å². The van der Waals surface area contributed by atoms with Gasteiger partial charge in [0.05, 0.1) is 6.10 Å². The summed E-state index contributed by atoms with van der Waals surface area (Å²) in [5.74, 6) is -0.131. The normalized spacial score (nSPS) is 25.3. The van der Waals surface area contributed by atoms with Crippen LogP contribution in [0, 0.1) is 5.82 Å². The monoisotopic (exact) mass is 269 g/mol. The number of ether oxygens (including phenoxy) is 1. The third-order valence-electron chi connectivity index (χ3n) is 3.46. The molecule has 3 atom stereocenters. The van der Waals surface area contributed by atoms with E-state index >= 15 is 0 Å². The smallest absolute Gasteiger partial charge is 0.129 e. The van der Waals surface area contributed by atoms with Crippen molar-refractivity contribution in [2.24, 2.45) is 0 Å². The van der Waals surface area contributed by atoms with E-state index in [0.717, 1.165) is 23.5 Å². The Kier molecular flexibility index (Phi) is 4.65. The number of hydrogen-bond acceptors (Lipinski definition) is 3. The molecule has 0 saturated carbocycles. The van der Waals surface area contributed by atoms with E-state index in [4.69, 9.17) is 4.74 Å². The summed E-state index contributed by atoms with van der Waals surface area (Å²) in [6.45, 7) is 4.88. The van der Waals surface area contributed by atoms with Crippen LogP contribution in [0.1, 0.15) is 31.9 Å². The summed E-state index contributed by atoms with van der Waals surface area (Å²) in [5, 5.41) is 3.54. The number of rotatable bonds is 4. The molecule has 1 fully saturated rings. The molecule has 18 heavy (non-hydrogen) atoms. The van der Waals surface area contributed by atoms with Gasteiger partial charge in [0.1, 0.15) is 5.82 Å². The number of thioether (sulfide) groups is 1. The Balaban J connectivity index is 2.24. The molecule has 1 N–H and O–H groups in total. The fourth-order valence-electron chi connectivity index (χ4n) is 2.21. The average Bonchev–Trinajstić information content (AvgIpc) is 2.74. The Labute approximate surface area is 112 Å². The molecule has 0 aromatic heterocycles. The first kappa shape index (κ1) is 13.8. The standard InChI is InChI=1S/C14H20FNOS/c1-9(16-3)14-11(15)5-4-6-13(14)18-12-7-8-17-10(12)2/h4-6,9-10,12,16H,7-8H2,1-3H3. The zero-order chi connectivity index (χ0) is 13.1. The van der Waals surface area contributed by atoms with Crippen LogP contribution >= 0.6 is 11.8 Å². The van der Waals surface area contributed by atoms with Crippen molar-refractivity contribution in [2.75, 3.05) is 13.7 Å². The lowest BCUT2D eigenvalue weighted by molar-refractivity contribution is 0.127. The van der Waals surface area contributed by atoms with E-state index in [1.54, 1.807) is 17.8 Å². The van der Waals surface area contributed by atoms with Crippen molar-refractivity contribution >= 4 is 11.8 Å². The fraction of sp³-hybridized carbons (Fsp3) is 0.571. The van der Waals surface area contributed by atoms with Gasteiger partial charge in [0.25, 0.3) is 0 Å². The molecule has 0 amide bonds. The summed E-state index contributed by atoms with van der Waals surface area (Å²) in [6.07, 6.45) is 1.28. The second-order valence-corrected chi connectivity index (χ2v) is 5.96. The molecule has 0 radical (unpaired) electrons. The van der Waals surface area contributed by atoms with Crippen molar-refractivity contribution < 1.29 is 9.13 Å². The van der Waals surface area contributed by atoms with Gasteiger partial charge in [0.2, 0.25) is 0 Å². The quantitative estimate of drug-likeness (QED) is 0.905. The Morgan fingerprint density at radius 1 is 1.50 bits per heavy atom. The predicted octanol–water partition coefficient (Wildman–Crippen LogP) is 3.38. The van der Waals surface area contributed by atoms with Crippen LogP contribution in [0.2, 0.25) is 0 Å². The first-order valence-electron chi connectivity index (χ1n) is 6.37. The second kappa shape index (κ2) is 6.04. The van der Waals surface area contributed by atoms with Crippen LogP contribution in [0.5, 0.6) is 0 Å². The van der Waals surface area contributed by atoms with Gasteiger partial charge in [-0.3, -0.25) is 0 Å². The molecular weight excluding hydrogens is 249 g/mol. The van der Waals surface area contributed by atoms with E-state index in [1.165, 1.54) is 6.07 Å². The van der Waals surface area contributed by atoms with Crippen molar-refractivity contribution in [3.8, 4) is 0 Å². The highest BCUT2D eigenvalue weighted by Gasteiger charge is 2.27. The van der Waals surface area contributed by atoms with E-state index in [1.807, 2.05) is 20.0 Å². The lowest BCUT2D eigenvalue weighted by atomic mass is 10.1. The second-order valence-electron chi connectivity index (χ2n) is 4.68. The summed E-state index contributed by atoms with van der Waals surface area (Å²) in [4.78, 5) is 1.03. The van der Waals surface area contributed by atoms with E-state index in [2.05, 4.69) is 12.2 Å². The maximum Gasteiger partial charge on any atom is 0.129 e. The first-order chi connectivity index (χ1) is 8.63. The Hall–Kier alpha value is -0.580. The van der Waals surface area contributed by atoms with Gasteiger partial charge in [-0.1, -0.05) is 6.07 Å². The van der Waals surface area contributed by atoms with Crippen LogP contribution in [0.4, 0.5) is 4.39 Å². The number of benzene rings is 1. The van der Waals surface area contributed by atoms with Crippen molar-refractivity contribution in [3.63, 3.8) is 0 Å². The summed E-state index contributed by atoms with van der Waals surface area (Å²) < 4.78 is 19.5. The molecule has 1 saturated heterocycles. The Morgan fingerprint density at radius 3 is 2.89 bits per heavy atom. The van der Waals surface area contributed by atoms with Crippen LogP contribution in [0.3, 0.4) is 0 Å². The first-order valence-corrected chi connectivity index (χ1v) is 7.25. The van der Waals surface area contributed by atoms with Crippen molar-refractivity contribution in [2.45, 2.75) is 42.6 Å². The number of nitrogens with one attached hydrogen (secondary N) is 1. The molecule has 1 aliphatic rings. The van der Waals surface area contributed by atoms with Gasteiger partial charge in [0, 0.05) is 28.4 Å². The molecule has 3 unspecified atom stereocenters. The summed E-state index contributed by atoms with van der Waals surface area (Å²) >= 11 is 1.74. The van der Waals surface area contributed by atoms with Crippen LogP contribution in [-0.2, 0) is 4.74 Å². The lowest BCUT2D eigenvalue weighted by Gasteiger charge is -2.20. The Morgan fingerprint density at radius 2 is 2.28 bits per heavy atom. The fourth-order valence-corrected chi connectivity index (χ4v) is 3.58. The van der Waals surface area contributed by atoms with Gasteiger partial charge in [-0.05, 0) is 39.4 Å². The van der Waals surface area contributed by atoms with Gasteiger partial charge in [-0.2, -0.15) is 0 Å². The van der Waals surface area contributed by atoms with Crippen LogP contribution in [0.15, 0.2) is 23.1 Å². The minimum Gasteiger partial charge on any atom is -0.377 e. The molecule has 0 aliphatic carbocycles. The van der Waals surface area contributed by atoms with Crippen molar-refractivity contribution in [3.05, 3.63) is 29.6 Å². The molecule has 1 aliphatic heterocycles. The molecular formula is C14H20FNOS. The third-order valence-corrected chi connectivity index (χ3v) is 5.00. The van der Waals surface area contributed by atoms with E-state index in [9.17, 15) is 4.39 Å². The Bertz CT molecular complexity index is 413. The van der Waals surface area contributed by atoms with E-state index in [0.29, 0.717) is 5.25 Å². The van der Waals surface area contributed by atoms with Gasteiger partial charge < -0.3 is 10.1 Å². The highest BCUT2D eigenvalue weighted by Crippen LogP contribution is 2.37. The zero-order valence-electron chi connectivity index (χ0n) is 11.1. The molecule has 1 aromatic rings. The lowest BCUT2D eigenvalue weighted by Crippen LogP contribution is -2.17. The van der Waals surface area contributed by atoms with Gasteiger partial charge in [-0.15, -0.1) is 11.8 Å². The van der Waals surface area contributed by atoms with Gasteiger partial charge in [-0.25, -0.2) is 4.39 Å². The predicted molar refractivity (Wildman–Crippen MR) is 73.6 cm³/mol. The minimum absolute atomic E-state index is 0.0197. The maximum absolute atomic E-state index is 14.0. The summed E-state index contributed by atoms with van der Waals surface area (Å²) in [5.41, 5.74) is 0.768. The average molecular weight is 269 g/mol. The van der Waals surface area contributed by atoms with Crippen molar-refractivity contribution in [1.29, 1.82) is 0 Å². The minimum atomic E-state index is -0.131. The van der Waals surface area contributed by atoms with Crippen LogP contribution in [-0.4, -0.2) is 25.0 Å². The van der Waals surface area contributed by atoms with Gasteiger partial charge in [0.15, 0.2) is 0 Å². The topological polar surface area (TPSA) is 21.3 Å². The number of hydrogen-bond donors (Lipinski definition) is 1. The van der Waals surface area contributed by atoms with Crippen LogP contribution in [0.25, 0.3) is 0 Å². The maximum atomic E-state index is 14.0. The zero-order valence-corrected chi connectivity index (χ0v) is 11.9. The molecule has 0 spiro atoms. The summed E-state index contributed by atoms with van der Waals surface area (Å²) in [7, 11) is 1.85. The highest BCUT2D eigenvalue weighted by atomic mass is 32.2. The molecule has 4 heteroatoms. The molecule has 0 bridgehead atoms. The van der Waals surface area contributed by atoms with Crippen LogP contribution < -0.4 is 5.32 Å². The van der Waals surface area contributed by atoms with Crippen molar-refractivity contribution in [1.82, 2.24) is 5.32 Å². The summed E-state index contributed by atoms with van der Waals surface area (Å²) in [6, 6.07) is 5.33. The number of halogens is 1. The molecule has 1 aromatic carbocycles.